The number of hydrogen-bond donors (Lipinski definition) is 2. The Morgan fingerprint density at radius 3 is 2.95 bits per heavy atom. The lowest BCUT2D eigenvalue weighted by molar-refractivity contribution is 0.416. The molecule has 0 saturated heterocycles. The number of benzene rings is 1. The highest BCUT2D eigenvalue weighted by atomic mass is 16.5. The van der Waals surface area contributed by atoms with E-state index in [2.05, 4.69) is 15.2 Å². The molecule has 7 heteroatoms. The van der Waals surface area contributed by atoms with Gasteiger partial charge in [0.1, 0.15) is 5.75 Å². The maximum Gasteiger partial charge on any atom is 0.262 e. The van der Waals surface area contributed by atoms with Crippen molar-refractivity contribution >= 4 is 11.7 Å². The van der Waals surface area contributed by atoms with Crippen molar-refractivity contribution in [3.8, 4) is 17.0 Å². The Morgan fingerprint density at radius 1 is 1.37 bits per heavy atom. The van der Waals surface area contributed by atoms with Gasteiger partial charge < -0.3 is 10.5 Å². The molecule has 0 fully saturated rings. The molecule has 3 rings (SSSR count). The van der Waals surface area contributed by atoms with E-state index in [1.807, 2.05) is 18.2 Å². The molecule has 0 aliphatic carbocycles. The average molecular weight is 257 g/mol. The summed E-state index contributed by atoms with van der Waals surface area (Å²) in [6, 6.07) is 8.73. The number of rotatable bonds is 2. The number of nitrogens with one attached hydrogen (secondary N) is 1. The van der Waals surface area contributed by atoms with Crippen molar-refractivity contribution in [1.29, 1.82) is 0 Å². The van der Waals surface area contributed by atoms with Crippen molar-refractivity contribution in [2.24, 2.45) is 0 Å². The van der Waals surface area contributed by atoms with Crippen molar-refractivity contribution in [3.05, 3.63) is 40.7 Å². The normalized spacial score (nSPS) is 10.8. The Balaban J connectivity index is 2.29. The molecule has 2 heterocycles. The van der Waals surface area contributed by atoms with Crippen LogP contribution in [0.3, 0.4) is 0 Å². The van der Waals surface area contributed by atoms with Crippen LogP contribution in [0.4, 0.5) is 5.95 Å². The quantitative estimate of drug-likeness (QED) is 0.703. The summed E-state index contributed by atoms with van der Waals surface area (Å²) >= 11 is 0. The third-order valence-electron chi connectivity index (χ3n) is 2.80. The molecule has 0 unspecified atom stereocenters. The fourth-order valence-corrected chi connectivity index (χ4v) is 1.93. The summed E-state index contributed by atoms with van der Waals surface area (Å²) in [6.07, 6.45) is 0. The molecule has 0 bridgehead atoms. The number of nitrogen functional groups attached to an aromatic ring is 1. The Kier molecular flexibility index (Phi) is 2.45. The van der Waals surface area contributed by atoms with Gasteiger partial charge in [-0.25, -0.2) is 14.5 Å². The smallest absolute Gasteiger partial charge is 0.262 e. The number of para-hydroxylation sites is 1. The Morgan fingerprint density at radius 2 is 2.16 bits per heavy atom. The number of hydrogen-bond acceptors (Lipinski definition) is 5. The van der Waals surface area contributed by atoms with Gasteiger partial charge in [0.15, 0.2) is 0 Å². The molecule has 0 aliphatic rings. The lowest BCUT2D eigenvalue weighted by atomic mass is 10.1. The zero-order valence-electron chi connectivity index (χ0n) is 10.1. The summed E-state index contributed by atoms with van der Waals surface area (Å²) in [5.41, 5.74) is 6.52. The standard InChI is InChI=1S/C12H11N5O2/c1-19-9-5-3-2-4-7(9)8-6-10(18)17-11(13)15-16-12(17)14-8/h2-6H,1H3,(H2,13,15)(H,14,16). The Hall–Kier alpha value is -2.83. The molecule has 3 N–H and O–H groups in total. The molecule has 0 spiro atoms. The maximum atomic E-state index is 12.0. The van der Waals surface area contributed by atoms with Gasteiger partial charge in [-0.3, -0.25) is 4.79 Å². The van der Waals surface area contributed by atoms with Crippen LogP contribution in [0.2, 0.25) is 0 Å². The minimum Gasteiger partial charge on any atom is -0.496 e. The molecule has 19 heavy (non-hydrogen) atoms. The second-order valence-corrected chi connectivity index (χ2v) is 3.92. The van der Waals surface area contributed by atoms with Gasteiger partial charge in [0.25, 0.3) is 5.56 Å². The molecular weight excluding hydrogens is 246 g/mol. The fourth-order valence-electron chi connectivity index (χ4n) is 1.93. The zero-order chi connectivity index (χ0) is 13.4. The summed E-state index contributed by atoms with van der Waals surface area (Å²) in [5.74, 6) is 1.02. The van der Waals surface area contributed by atoms with Crippen LogP contribution in [0, 0.1) is 0 Å². The van der Waals surface area contributed by atoms with Crippen LogP contribution >= 0.6 is 0 Å². The minimum atomic E-state index is -0.294. The van der Waals surface area contributed by atoms with E-state index in [1.165, 1.54) is 10.5 Å². The van der Waals surface area contributed by atoms with E-state index in [-0.39, 0.29) is 11.5 Å². The van der Waals surface area contributed by atoms with Crippen LogP contribution in [-0.4, -0.2) is 26.7 Å². The number of fused-ring (bicyclic) bond motifs is 1. The molecule has 0 atom stereocenters. The van der Waals surface area contributed by atoms with Crippen molar-refractivity contribution in [2.75, 3.05) is 12.8 Å². The maximum absolute atomic E-state index is 12.0. The van der Waals surface area contributed by atoms with Gasteiger partial charge in [-0.2, -0.15) is 0 Å². The fraction of sp³-hybridized carbons (Fsp3) is 0.0833. The van der Waals surface area contributed by atoms with Crippen molar-refractivity contribution in [3.63, 3.8) is 0 Å². The first-order chi connectivity index (χ1) is 9.20. The number of nitrogens with zero attached hydrogens (tertiary/aromatic N) is 3. The first kappa shape index (κ1) is 11.3. The third-order valence-corrected chi connectivity index (χ3v) is 2.80. The second kappa shape index (κ2) is 4.13. The summed E-state index contributed by atoms with van der Waals surface area (Å²) in [5, 5.41) is 6.37. The molecule has 0 amide bonds. The van der Waals surface area contributed by atoms with Gasteiger partial charge in [0, 0.05) is 11.6 Å². The molecule has 96 valence electrons. The predicted octanol–water partition coefficient (Wildman–Crippen LogP) is 0.675. The number of nitrogens with two attached hydrogens (primary N) is 1. The molecular formula is C12H11N5O2. The molecule has 7 nitrogen and oxygen atoms in total. The third kappa shape index (κ3) is 1.71. The van der Waals surface area contributed by atoms with Gasteiger partial charge in [-0.15, -0.1) is 5.10 Å². The van der Waals surface area contributed by atoms with E-state index in [0.717, 1.165) is 5.56 Å². The summed E-state index contributed by atoms with van der Waals surface area (Å²) in [4.78, 5) is 16.3. The van der Waals surface area contributed by atoms with Gasteiger partial charge >= 0.3 is 0 Å². The molecule has 3 aromatic rings. The Labute approximate surface area is 107 Å². The highest BCUT2D eigenvalue weighted by Crippen LogP contribution is 2.27. The van der Waals surface area contributed by atoms with Crippen LogP contribution in [-0.2, 0) is 0 Å². The minimum absolute atomic E-state index is 0.0825. The topological polar surface area (TPSA) is 98.3 Å². The second-order valence-electron chi connectivity index (χ2n) is 3.92. The lowest BCUT2D eigenvalue weighted by Gasteiger charge is -2.07. The number of H-pyrrole nitrogens is 1. The first-order valence-electron chi connectivity index (χ1n) is 5.58. The highest BCUT2D eigenvalue weighted by molar-refractivity contribution is 5.68. The molecule has 0 saturated carbocycles. The van der Waals surface area contributed by atoms with Gasteiger partial charge in [0.05, 0.1) is 12.8 Å². The average Bonchev–Trinajstić information content (AvgIpc) is 2.80. The van der Waals surface area contributed by atoms with Crippen LogP contribution in [0.5, 0.6) is 5.75 Å². The van der Waals surface area contributed by atoms with Crippen molar-refractivity contribution < 1.29 is 4.74 Å². The largest absolute Gasteiger partial charge is 0.496 e. The number of aromatic nitrogens is 4. The zero-order valence-corrected chi connectivity index (χ0v) is 10.1. The monoisotopic (exact) mass is 257 g/mol. The number of methoxy groups -OCH3 is 1. The van der Waals surface area contributed by atoms with Crippen LogP contribution < -0.4 is 16.0 Å². The number of ether oxygens (including phenoxy) is 1. The van der Waals surface area contributed by atoms with Gasteiger partial charge in [-0.05, 0) is 12.1 Å². The van der Waals surface area contributed by atoms with Gasteiger partial charge in [0.2, 0.25) is 11.7 Å². The summed E-state index contributed by atoms with van der Waals surface area (Å²) in [7, 11) is 1.57. The van der Waals surface area contributed by atoms with E-state index >= 15 is 0 Å². The summed E-state index contributed by atoms with van der Waals surface area (Å²) in [6.45, 7) is 0. The van der Waals surface area contributed by atoms with E-state index in [4.69, 9.17) is 10.5 Å². The summed E-state index contributed by atoms with van der Waals surface area (Å²) < 4.78 is 6.46. The van der Waals surface area contributed by atoms with E-state index < -0.39 is 0 Å². The SMILES string of the molecule is COc1ccccc1-c1cc(=O)n2c(N)n[nH]c2n1. The van der Waals surface area contributed by atoms with Crippen LogP contribution in [0.1, 0.15) is 0 Å². The van der Waals surface area contributed by atoms with Crippen molar-refractivity contribution in [2.45, 2.75) is 0 Å². The van der Waals surface area contributed by atoms with E-state index in [1.54, 1.807) is 13.2 Å². The highest BCUT2D eigenvalue weighted by Gasteiger charge is 2.11. The molecule has 0 aliphatic heterocycles. The van der Waals surface area contributed by atoms with E-state index in [0.29, 0.717) is 17.2 Å². The number of anilines is 1. The van der Waals surface area contributed by atoms with Crippen LogP contribution in [0.25, 0.3) is 17.0 Å². The number of aromatic amines is 1. The van der Waals surface area contributed by atoms with Crippen molar-refractivity contribution in [1.82, 2.24) is 19.6 Å². The van der Waals surface area contributed by atoms with E-state index in [9.17, 15) is 4.79 Å². The molecule has 2 aromatic heterocycles. The molecule has 1 aromatic carbocycles. The van der Waals surface area contributed by atoms with Crippen LogP contribution in [0.15, 0.2) is 35.1 Å². The first-order valence-corrected chi connectivity index (χ1v) is 5.58. The lowest BCUT2D eigenvalue weighted by Crippen LogP contribution is -2.15. The molecule has 0 radical (unpaired) electrons. The predicted molar refractivity (Wildman–Crippen MR) is 70.0 cm³/mol. The Bertz CT molecular complexity index is 805. The van der Waals surface area contributed by atoms with Gasteiger partial charge in [-0.1, -0.05) is 12.1 Å².